The number of carbonyl (C=O) groups is 1. The smallest absolute Gasteiger partial charge is 0.256 e. The lowest BCUT2D eigenvalue weighted by Gasteiger charge is -2.13. The first kappa shape index (κ1) is 21.0. The van der Waals surface area contributed by atoms with Crippen LogP contribution in [0.15, 0.2) is 84.8 Å². The molecule has 0 unspecified atom stereocenters. The maximum absolute atomic E-state index is 13.1. The quantitative estimate of drug-likeness (QED) is 0.352. The van der Waals surface area contributed by atoms with Gasteiger partial charge in [-0.2, -0.15) is 0 Å². The van der Waals surface area contributed by atoms with Gasteiger partial charge in [0.05, 0.1) is 0 Å². The van der Waals surface area contributed by atoms with E-state index in [0.717, 1.165) is 28.3 Å². The standard InChI is InChI=1S/C28H24FN3O/c29-26-10-8-21(9-11-26)28(33)32-27-15-24-14-22(6-7-23(24)18-31-27)25-13-20(16-30-17-25)12-19-4-2-1-3-5-19/h4,6-11,13-18H,1-3,5,12H2,(H,31,32,33). The lowest BCUT2D eigenvalue weighted by atomic mass is 9.94. The van der Waals surface area contributed by atoms with Crippen molar-refractivity contribution in [2.75, 3.05) is 5.32 Å². The van der Waals surface area contributed by atoms with Crippen LogP contribution in [0.3, 0.4) is 0 Å². The number of anilines is 1. The van der Waals surface area contributed by atoms with Crippen LogP contribution in [0.2, 0.25) is 0 Å². The fourth-order valence-corrected chi connectivity index (χ4v) is 4.25. The first-order chi connectivity index (χ1) is 16.1. The lowest BCUT2D eigenvalue weighted by molar-refractivity contribution is 0.102. The molecule has 0 fully saturated rings. The van der Waals surface area contributed by atoms with Crippen LogP contribution in [0.4, 0.5) is 10.2 Å². The molecule has 0 saturated carbocycles. The van der Waals surface area contributed by atoms with Crippen molar-refractivity contribution in [3.05, 3.63) is 102 Å². The summed E-state index contributed by atoms with van der Waals surface area (Å²) >= 11 is 0. The molecule has 2 heterocycles. The van der Waals surface area contributed by atoms with Gasteiger partial charge in [0, 0.05) is 35.1 Å². The largest absolute Gasteiger partial charge is 0.307 e. The number of hydrogen-bond donors (Lipinski definition) is 1. The Bertz CT molecular complexity index is 1350. The number of nitrogens with zero attached hydrogens (tertiary/aromatic N) is 2. The van der Waals surface area contributed by atoms with E-state index in [1.54, 1.807) is 6.20 Å². The molecule has 33 heavy (non-hydrogen) atoms. The third kappa shape index (κ3) is 4.98. The van der Waals surface area contributed by atoms with Gasteiger partial charge in [-0.05, 0) is 91.1 Å². The van der Waals surface area contributed by atoms with Crippen molar-refractivity contribution in [3.63, 3.8) is 0 Å². The van der Waals surface area contributed by atoms with E-state index in [2.05, 4.69) is 39.6 Å². The zero-order chi connectivity index (χ0) is 22.6. The molecule has 164 valence electrons. The van der Waals surface area contributed by atoms with Gasteiger partial charge in [-0.25, -0.2) is 9.37 Å². The number of rotatable bonds is 5. The molecule has 2 aromatic carbocycles. The van der Waals surface area contributed by atoms with Crippen LogP contribution in [-0.4, -0.2) is 15.9 Å². The number of carbonyl (C=O) groups excluding carboxylic acids is 1. The molecule has 4 aromatic rings. The molecular weight excluding hydrogens is 413 g/mol. The van der Waals surface area contributed by atoms with Crippen LogP contribution < -0.4 is 5.32 Å². The Morgan fingerprint density at radius 3 is 2.61 bits per heavy atom. The van der Waals surface area contributed by atoms with Gasteiger partial charge in [0.25, 0.3) is 5.91 Å². The van der Waals surface area contributed by atoms with Gasteiger partial charge in [0.15, 0.2) is 0 Å². The average molecular weight is 438 g/mol. The highest BCUT2D eigenvalue weighted by atomic mass is 19.1. The van der Waals surface area contributed by atoms with Gasteiger partial charge in [0.2, 0.25) is 0 Å². The number of hydrogen-bond acceptors (Lipinski definition) is 3. The fraction of sp³-hybridized carbons (Fsp3) is 0.179. The summed E-state index contributed by atoms with van der Waals surface area (Å²) in [6.45, 7) is 0. The first-order valence-electron chi connectivity index (χ1n) is 11.2. The molecule has 1 N–H and O–H groups in total. The van der Waals surface area contributed by atoms with E-state index in [0.29, 0.717) is 11.4 Å². The Kier molecular flexibility index (Phi) is 5.94. The first-order valence-corrected chi connectivity index (χ1v) is 11.2. The number of pyridine rings is 2. The van der Waals surface area contributed by atoms with Crippen molar-refractivity contribution in [2.45, 2.75) is 32.1 Å². The molecule has 1 aliphatic rings. The molecule has 2 aromatic heterocycles. The zero-order valence-corrected chi connectivity index (χ0v) is 18.2. The molecule has 0 bridgehead atoms. The summed E-state index contributed by atoms with van der Waals surface area (Å²) in [5, 5.41) is 4.74. The van der Waals surface area contributed by atoms with E-state index in [-0.39, 0.29) is 11.7 Å². The highest BCUT2D eigenvalue weighted by molar-refractivity contribution is 6.04. The number of allylic oxidation sites excluding steroid dienone is 2. The minimum Gasteiger partial charge on any atom is -0.307 e. The van der Waals surface area contributed by atoms with Crippen LogP contribution in [0.1, 0.15) is 41.6 Å². The summed E-state index contributed by atoms with van der Waals surface area (Å²) in [5.41, 5.74) is 5.24. The van der Waals surface area contributed by atoms with E-state index in [1.165, 1.54) is 61.1 Å². The van der Waals surface area contributed by atoms with E-state index in [9.17, 15) is 9.18 Å². The summed E-state index contributed by atoms with van der Waals surface area (Å²) in [5.74, 6) is -0.256. The van der Waals surface area contributed by atoms with Gasteiger partial charge in [-0.15, -0.1) is 0 Å². The zero-order valence-electron chi connectivity index (χ0n) is 18.2. The van der Waals surface area contributed by atoms with Gasteiger partial charge >= 0.3 is 0 Å². The molecule has 0 aliphatic heterocycles. The summed E-state index contributed by atoms with van der Waals surface area (Å²) in [6.07, 6.45) is 13.8. The number of amides is 1. The molecular formula is C28H24FN3O. The Balaban J connectivity index is 1.38. The highest BCUT2D eigenvalue weighted by Crippen LogP contribution is 2.27. The predicted octanol–water partition coefficient (Wildman–Crippen LogP) is 6.73. The van der Waals surface area contributed by atoms with E-state index in [1.807, 2.05) is 24.5 Å². The highest BCUT2D eigenvalue weighted by Gasteiger charge is 2.10. The Labute approximate surface area is 192 Å². The number of benzene rings is 2. The molecule has 1 amide bonds. The lowest BCUT2D eigenvalue weighted by Crippen LogP contribution is -2.12. The van der Waals surface area contributed by atoms with Crippen LogP contribution in [0, 0.1) is 5.82 Å². The number of aromatic nitrogens is 2. The van der Waals surface area contributed by atoms with Crippen molar-refractivity contribution in [1.29, 1.82) is 0 Å². The second-order valence-corrected chi connectivity index (χ2v) is 8.46. The molecule has 5 heteroatoms. The summed E-state index contributed by atoms with van der Waals surface area (Å²) in [7, 11) is 0. The number of fused-ring (bicyclic) bond motifs is 1. The average Bonchev–Trinajstić information content (AvgIpc) is 2.85. The number of halogens is 1. The van der Waals surface area contributed by atoms with Crippen LogP contribution >= 0.6 is 0 Å². The van der Waals surface area contributed by atoms with Crippen LogP contribution in [0.5, 0.6) is 0 Å². The molecule has 4 nitrogen and oxygen atoms in total. The molecule has 1 aliphatic carbocycles. The predicted molar refractivity (Wildman–Crippen MR) is 130 cm³/mol. The van der Waals surface area contributed by atoms with Crippen LogP contribution in [-0.2, 0) is 6.42 Å². The van der Waals surface area contributed by atoms with Gasteiger partial charge in [-0.3, -0.25) is 9.78 Å². The SMILES string of the molecule is O=C(Nc1cc2cc(-c3cncc(CC4=CCCCC4)c3)ccc2cn1)c1ccc(F)cc1. The van der Waals surface area contributed by atoms with Crippen molar-refractivity contribution in [3.8, 4) is 11.1 Å². The summed E-state index contributed by atoms with van der Waals surface area (Å²) in [6, 6.07) is 15.7. The molecule has 0 atom stereocenters. The molecule has 0 saturated heterocycles. The van der Waals surface area contributed by atoms with E-state index >= 15 is 0 Å². The molecule has 5 rings (SSSR count). The maximum Gasteiger partial charge on any atom is 0.256 e. The summed E-state index contributed by atoms with van der Waals surface area (Å²) < 4.78 is 13.1. The van der Waals surface area contributed by atoms with Crippen molar-refractivity contribution in [2.24, 2.45) is 0 Å². The fourth-order valence-electron chi connectivity index (χ4n) is 4.25. The summed E-state index contributed by atoms with van der Waals surface area (Å²) in [4.78, 5) is 21.3. The second kappa shape index (κ2) is 9.33. The third-order valence-corrected chi connectivity index (χ3v) is 6.01. The maximum atomic E-state index is 13.1. The Morgan fingerprint density at radius 1 is 0.909 bits per heavy atom. The van der Waals surface area contributed by atoms with E-state index in [4.69, 9.17) is 0 Å². The molecule has 0 spiro atoms. The molecule has 0 radical (unpaired) electrons. The van der Waals surface area contributed by atoms with Gasteiger partial charge in [-0.1, -0.05) is 23.8 Å². The topological polar surface area (TPSA) is 54.9 Å². The van der Waals surface area contributed by atoms with E-state index < -0.39 is 0 Å². The Hall–Kier alpha value is -3.86. The van der Waals surface area contributed by atoms with Crippen molar-refractivity contribution < 1.29 is 9.18 Å². The Morgan fingerprint density at radius 2 is 1.79 bits per heavy atom. The normalized spacial score (nSPS) is 13.5. The third-order valence-electron chi connectivity index (χ3n) is 6.01. The second-order valence-electron chi connectivity index (χ2n) is 8.46. The minimum atomic E-state index is -0.378. The van der Waals surface area contributed by atoms with Gasteiger partial charge in [0.1, 0.15) is 11.6 Å². The number of nitrogens with one attached hydrogen (secondary N) is 1. The monoisotopic (exact) mass is 437 g/mol. The van der Waals surface area contributed by atoms with Gasteiger partial charge < -0.3 is 5.32 Å². The van der Waals surface area contributed by atoms with Crippen molar-refractivity contribution in [1.82, 2.24) is 9.97 Å². The van der Waals surface area contributed by atoms with Crippen LogP contribution in [0.25, 0.3) is 21.9 Å². The van der Waals surface area contributed by atoms with Crippen molar-refractivity contribution >= 4 is 22.5 Å². The minimum absolute atomic E-state index is 0.327.